The molecule has 2 atom stereocenters. The van der Waals surface area contributed by atoms with Gasteiger partial charge in [-0.3, -0.25) is 0 Å². The molecule has 3 rings (SSSR count). The first kappa shape index (κ1) is 14.4. The minimum atomic E-state index is 0.291. The third-order valence-corrected chi connectivity index (χ3v) is 4.70. The SMILES string of the molecule is CC(Cc1ccco1)NC1CCC(C)(C)c2ccccc21. The van der Waals surface area contributed by atoms with Crippen LogP contribution in [0.25, 0.3) is 0 Å². The number of benzene rings is 1. The van der Waals surface area contributed by atoms with Crippen LogP contribution >= 0.6 is 0 Å². The van der Waals surface area contributed by atoms with Crippen LogP contribution in [0.4, 0.5) is 0 Å². The third kappa shape index (κ3) is 3.06. The van der Waals surface area contributed by atoms with Gasteiger partial charge in [-0.2, -0.15) is 0 Å². The Morgan fingerprint density at radius 2 is 2.05 bits per heavy atom. The van der Waals surface area contributed by atoms with E-state index >= 15 is 0 Å². The second kappa shape index (κ2) is 5.69. The summed E-state index contributed by atoms with van der Waals surface area (Å²) in [7, 11) is 0. The molecule has 21 heavy (non-hydrogen) atoms. The van der Waals surface area contributed by atoms with Crippen molar-refractivity contribution in [3.8, 4) is 0 Å². The fraction of sp³-hybridized carbons (Fsp3) is 0.474. The van der Waals surface area contributed by atoms with Gasteiger partial charge in [0.1, 0.15) is 5.76 Å². The molecule has 1 heterocycles. The zero-order chi connectivity index (χ0) is 14.9. The molecule has 1 aliphatic rings. The van der Waals surface area contributed by atoms with E-state index in [1.165, 1.54) is 24.0 Å². The second-order valence-electron chi connectivity index (χ2n) is 6.91. The van der Waals surface area contributed by atoms with Gasteiger partial charge in [-0.15, -0.1) is 0 Å². The van der Waals surface area contributed by atoms with Gasteiger partial charge in [-0.1, -0.05) is 38.1 Å². The fourth-order valence-corrected chi connectivity index (χ4v) is 3.52. The first-order valence-corrected chi connectivity index (χ1v) is 7.94. The maximum atomic E-state index is 5.46. The molecule has 0 amide bonds. The van der Waals surface area contributed by atoms with Crippen LogP contribution in [0.1, 0.15) is 56.5 Å². The molecule has 0 saturated carbocycles. The molecule has 0 saturated heterocycles. The predicted molar refractivity (Wildman–Crippen MR) is 86.5 cm³/mol. The first-order chi connectivity index (χ1) is 10.1. The molecule has 0 aliphatic heterocycles. The Morgan fingerprint density at radius 1 is 1.24 bits per heavy atom. The highest BCUT2D eigenvalue weighted by Crippen LogP contribution is 2.41. The van der Waals surface area contributed by atoms with Crippen molar-refractivity contribution in [3.63, 3.8) is 0 Å². The molecule has 1 aromatic carbocycles. The molecule has 0 bridgehead atoms. The van der Waals surface area contributed by atoms with E-state index in [1.54, 1.807) is 6.26 Å². The van der Waals surface area contributed by atoms with Crippen LogP contribution in [0.3, 0.4) is 0 Å². The number of hydrogen-bond donors (Lipinski definition) is 1. The third-order valence-electron chi connectivity index (χ3n) is 4.70. The van der Waals surface area contributed by atoms with Crippen LogP contribution in [-0.2, 0) is 11.8 Å². The number of rotatable bonds is 4. The molecule has 0 fully saturated rings. The van der Waals surface area contributed by atoms with Crippen molar-refractivity contribution in [3.05, 3.63) is 59.5 Å². The lowest BCUT2D eigenvalue weighted by atomic mass is 9.71. The van der Waals surface area contributed by atoms with E-state index in [0.717, 1.165) is 12.2 Å². The van der Waals surface area contributed by atoms with Crippen molar-refractivity contribution in [2.45, 2.75) is 57.5 Å². The van der Waals surface area contributed by atoms with E-state index < -0.39 is 0 Å². The molecule has 2 unspecified atom stereocenters. The van der Waals surface area contributed by atoms with E-state index in [9.17, 15) is 0 Å². The maximum absolute atomic E-state index is 5.46. The van der Waals surface area contributed by atoms with E-state index in [2.05, 4.69) is 56.4 Å². The number of fused-ring (bicyclic) bond motifs is 1. The van der Waals surface area contributed by atoms with Crippen LogP contribution in [-0.4, -0.2) is 6.04 Å². The molecular weight excluding hydrogens is 258 g/mol. The van der Waals surface area contributed by atoms with Gasteiger partial charge < -0.3 is 9.73 Å². The summed E-state index contributed by atoms with van der Waals surface area (Å²) in [5.41, 5.74) is 3.26. The highest BCUT2D eigenvalue weighted by molar-refractivity contribution is 5.38. The Labute approximate surface area is 127 Å². The Bertz CT molecular complexity index is 585. The monoisotopic (exact) mass is 283 g/mol. The van der Waals surface area contributed by atoms with Gasteiger partial charge in [0, 0.05) is 18.5 Å². The highest BCUT2D eigenvalue weighted by atomic mass is 16.3. The van der Waals surface area contributed by atoms with Crippen molar-refractivity contribution in [1.82, 2.24) is 5.32 Å². The van der Waals surface area contributed by atoms with Crippen molar-refractivity contribution in [2.24, 2.45) is 0 Å². The van der Waals surface area contributed by atoms with Crippen molar-refractivity contribution in [2.75, 3.05) is 0 Å². The van der Waals surface area contributed by atoms with Gasteiger partial charge in [0.05, 0.1) is 6.26 Å². The molecule has 2 heteroatoms. The predicted octanol–water partition coefficient (Wildman–Crippen LogP) is 4.61. The van der Waals surface area contributed by atoms with Crippen LogP contribution in [0, 0.1) is 0 Å². The van der Waals surface area contributed by atoms with Gasteiger partial charge in [-0.05, 0) is 48.4 Å². The molecule has 0 radical (unpaired) electrons. The molecule has 1 aliphatic carbocycles. The molecule has 2 nitrogen and oxygen atoms in total. The summed E-state index contributed by atoms with van der Waals surface area (Å²) in [5, 5.41) is 3.79. The van der Waals surface area contributed by atoms with Crippen LogP contribution < -0.4 is 5.32 Å². The largest absolute Gasteiger partial charge is 0.469 e. The zero-order valence-electron chi connectivity index (χ0n) is 13.2. The van der Waals surface area contributed by atoms with E-state index in [1.807, 2.05) is 6.07 Å². The summed E-state index contributed by atoms with van der Waals surface area (Å²) in [6.07, 6.45) is 5.12. The lowest BCUT2D eigenvalue weighted by Crippen LogP contribution is -2.37. The normalized spacial score (nSPS) is 21.8. The summed E-state index contributed by atoms with van der Waals surface area (Å²) >= 11 is 0. The second-order valence-corrected chi connectivity index (χ2v) is 6.91. The van der Waals surface area contributed by atoms with Gasteiger partial charge in [0.25, 0.3) is 0 Å². The van der Waals surface area contributed by atoms with Gasteiger partial charge in [0.2, 0.25) is 0 Å². The average Bonchev–Trinajstić information content (AvgIpc) is 2.95. The Hall–Kier alpha value is -1.54. The molecule has 1 aromatic heterocycles. The summed E-state index contributed by atoms with van der Waals surface area (Å²) in [5.74, 6) is 1.06. The van der Waals surface area contributed by atoms with Crippen LogP contribution in [0.2, 0.25) is 0 Å². The Balaban J connectivity index is 1.74. The minimum Gasteiger partial charge on any atom is -0.469 e. The first-order valence-electron chi connectivity index (χ1n) is 7.94. The average molecular weight is 283 g/mol. The lowest BCUT2D eigenvalue weighted by Gasteiger charge is -2.38. The molecular formula is C19H25NO. The van der Waals surface area contributed by atoms with Gasteiger partial charge in [0.15, 0.2) is 0 Å². The van der Waals surface area contributed by atoms with Crippen LogP contribution in [0.5, 0.6) is 0 Å². The quantitative estimate of drug-likeness (QED) is 0.886. The summed E-state index contributed by atoms with van der Waals surface area (Å²) in [4.78, 5) is 0. The van der Waals surface area contributed by atoms with Crippen molar-refractivity contribution >= 4 is 0 Å². The number of furan rings is 1. The van der Waals surface area contributed by atoms with E-state index in [0.29, 0.717) is 17.5 Å². The maximum Gasteiger partial charge on any atom is 0.105 e. The molecule has 1 N–H and O–H groups in total. The summed E-state index contributed by atoms with van der Waals surface area (Å²) in [6.45, 7) is 6.95. The number of hydrogen-bond acceptors (Lipinski definition) is 2. The van der Waals surface area contributed by atoms with Crippen LogP contribution in [0.15, 0.2) is 47.1 Å². The van der Waals surface area contributed by atoms with Crippen molar-refractivity contribution < 1.29 is 4.42 Å². The lowest BCUT2D eigenvalue weighted by molar-refractivity contribution is 0.331. The molecule has 0 spiro atoms. The Morgan fingerprint density at radius 3 is 2.81 bits per heavy atom. The minimum absolute atomic E-state index is 0.291. The Kier molecular flexibility index (Phi) is 3.90. The van der Waals surface area contributed by atoms with E-state index in [-0.39, 0.29) is 0 Å². The van der Waals surface area contributed by atoms with Gasteiger partial charge >= 0.3 is 0 Å². The molecule has 112 valence electrons. The standard InChI is InChI=1S/C19H25NO/c1-14(13-15-7-6-12-21-15)20-18-10-11-19(2,3)17-9-5-4-8-16(17)18/h4-9,12,14,18,20H,10-11,13H2,1-3H3. The highest BCUT2D eigenvalue weighted by Gasteiger charge is 2.32. The van der Waals surface area contributed by atoms with E-state index in [4.69, 9.17) is 4.42 Å². The smallest absolute Gasteiger partial charge is 0.105 e. The zero-order valence-corrected chi connectivity index (χ0v) is 13.2. The van der Waals surface area contributed by atoms with Gasteiger partial charge in [-0.25, -0.2) is 0 Å². The fourth-order valence-electron chi connectivity index (χ4n) is 3.52. The summed E-state index contributed by atoms with van der Waals surface area (Å²) < 4.78 is 5.46. The topological polar surface area (TPSA) is 25.2 Å². The molecule has 2 aromatic rings. The van der Waals surface area contributed by atoms with Crippen molar-refractivity contribution in [1.29, 1.82) is 0 Å². The summed E-state index contributed by atoms with van der Waals surface area (Å²) in [6, 6.07) is 13.8. The number of nitrogens with one attached hydrogen (secondary N) is 1.